The lowest BCUT2D eigenvalue weighted by atomic mass is 10.4. The summed E-state index contributed by atoms with van der Waals surface area (Å²) in [7, 11) is 5.79. The molecule has 0 spiro atoms. The largest absolute Gasteiger partial charge is 0.399 e. The third-order valence-electron chi connectivity index (χ3n) is 1.71. The molecule has 1 rings (SSSR count). The van der Waals surface area contributed by atoms with Crippen LogP contribution in [-0.4, -0.2) is 26.4 Å². The fourth-order valence-corrected chi connectivity index (χ4v) is 1.38. The monoisotopic (exact) mass is 192 g/mol. The molecular weight excluding hydrogens is 175 g/mol. The lowest BCUT2D eigenvalue weighted by Gasteiger charge is -1.86. The Kier molecular flexibility index (Phi) is 9.51. The Hall–Kier alpha value is 0.782. The van der Waals surface area contributed by atoms with Crippen LogP contribution in [0.15, 0.2) is 0 Å². The van der Waals surface area contributed by atoms with Crippen LogP contribution in [0.25, 0.3) is 0 Å². The highest BCUT2D eigenvalue weighted by Crippen LogP contribution is 2.00. The van der Waals surface area contributed by atoms with E-state index in [1.165, 1.54) is 23.4 Å². The number of hydrogen-bond acceptors (Lipinski definition) is 1. The van der Waals surface area contributed by atoms with Crippen LogP contribution in [0.2, 0.25) is 10.6 Å². The summed E-state index contributed by atoms with van der Waals surface area (Å²) >= 11 is -0.688. The third kappa shape index (κ3) is 8.69. The Morgan fingerprint density at radius 3 is 1.73 bits per heavy atom. The number of hydrogen-bond donors (Lipinski definition) is 0. The van der Waals surface area contributed by atoms with Gasteiger partial charge in [0.2, 0.25) is 0 Å². The van der Waals surface area contributed by atoms with Crippen molar-refractivity contribution in [3.05, 3.63) is 0 Å². The third-order valence-corrected chi connectivity index (χ3v) is 5.34. The van der Waals surface area contributed by atoms with Gasteiger partial charge in [0, 0.05) is 13.2 Å². The molecule has 0 radical (unpaired) electrons. The minimum absolute atomic E-state index is 0.688. The minimum atomic E-state index is -0.688. The van der Waals surface area contributed by atoms with Crippen molar-refractivity contribution in [3.8, 4) is 0 Å². The SMILES string of the molecule is C1CCOC1.C[CH2][Al]([Cl])[CH2]C. The molecule has 0 amide bonds. The second kappa shape index (κ2) is 8.88. The molecule has 1 aliphatic rings. The van der Waals surface area contributed by atoms with Crippen molar-refractivity contribution in [3.63, 3.8) is 0 Å². The van der Waals surface area contributed by atoms with E-state index in [1.54, 1.807) is 0 Å². The van der Waals surface area contributed by atoms with Gasteiger partial charge in [0.1, 0.15) is 0 Å². The fraction of sp³-hybridized carbons (Fsp3) is 1.00. The molecule has 3 heteroatoms. The molecule has 66 valence electrons. The summed E-state index contributed by atoms with van der Waals surface area (Å²) in [6.45, 7) is 6.32. The van der Waals surface area contributed by atoms with Gasteiger partial charge >= 0.3 is 13.2 Å². The maximum absolute atomic E-state index is 5.79. The molecule has 0 bridgehead atoms. The van der Waals surface area contributed by atoms with E-state index in [1.807, 2.05) is 0 Å². The lowest BCUT2D eigenvalue weighted by molar-refractivity contribution is 0.198. The summed E-state index contributed by atoms with van der Waals surface area (Å²) in [5.74, 6) is 0. The van der Waals surface area contributed by atoms with Gasteiger partial charge in [0.05, 0.1) is 0 Å². The second-order valence-electron chi connectivity index (χ2n) is 2.73. The average Bonchev–Trinajstić information content (AvgIpc) is 2.60. The zero-order valence-corrected chi connectivity index (χ0v) is 9.52. The highest BCUT2D eigenvalue weighted by molar-refractivity contribution is 7.06. The van der Waals surface area contributed by atoms with Gasteiger partial charge < -0.3 is 4.74 Å². The maximum atomic E-state index is 5.79. The predicted octanol–water partition coefficient (Wildman–Crippen LogP) is 3.05. The molecule has 0 aromatic rings. The van der Waals surface area contributed by atoms with Crippen LogP contribution >= 0.6 is 10.0 Å². The standard InChI is InChI=1S/C4H8O.2C2H5.Al.ClH/c1-2-4-5-3-1;2*1-2;;/h1-4H2;2*1H2,2H3;;1H/q;;;+1;/p-1. The molecule has 0 saturated carbocycles. The first-order valence-electron chi connectivity index (χ1n) is 4.53. The van der Waals surface area contributed by atoms with Crippen LogP contribution in [0.1, 0.15) is 26.7 Å². The molecule has 11 heavy (non-hydrogen) atoms. The van der Waals surface area contributed by atoms with Gasteiger partial charge in [0.25, 0.3) is 0 Å². The number of rotatable bonds is 2. The Morgan fingerprint density at radius 2 is 1.64 bits per heavy atom. The van der Waals surface area contributed by atoms with Crippen LogP contribution < -0.4 is 0 Å². The Bertz CT molecular complexity index is 64.9. The number of ether oxygens (including phenoxy) is 1. The van der Waals surface area contributed by atoms with E-state index >= 15 is 0 Å². The van der Waals surface area contributed by atoms with Crippen LogP contribution in [0.3, 0.4) is 0 Å². The molecule has 1 nitrogen and oxygen atoms in total. The van der Waals surface area contributed by atoms with Crippen molar-refractivity contribution in [2.75, 3.05) is 13.2 Å². The van der Waals surface area contributed by atoms with Crippen LogP contribution in [0, 0.1) is 0 Å². The highest BCUT2D eigenvalue weighted by atomic mass is 35.6. The van der Waals surface area contributed by atoms with Crippen molar-refractivity contribution in [1.29, 1.82) is 0 Å². The van der Waals surface area contributed by atoms with E-state index in [0.29, 0.717) is 0 Å². The first kappa shape index (κ1) is 11.8. The molecule has 0 N–H and O–H groups in total. The van der Waals surface area contributed by atoms with E-state index in [4.69, 9.17) is 14.8 Å². The van der Waals surface area contributed by atoms with Crippen molar-refractivity contribution in [2.45, 2.75) is 37.3 Å². The Balaban J connectivity index is 0.000000183. The van der Waals surface area contributed by atoms with Crippen molar-refractivity contribution in [1.82, 2.24) is 0 Å². The van der Waals surface area contributed by atoms with Crippen LogP contribution in [-0.2, 0) is 4.74 Å². The summed E-state index contributed by atoms with van der Waals surface area (Å²) in [4.78, 5) is 0. The summed E-state index contributed by atoms with van der Waals surface area (Å²) in [5.41, 5.74) is 0. The van der Waals surface area contributed by atoms with Crippen molar-refractivity contribution in [2.24, 2.45) is 0 Å². The molecule has 1 saturated heterocycles. The zero-order valence-electron chi connectivity index (χ0n) is 7.61. The maximum Gasteiger partial charge on any atom is 0.399 e. The zero-order chi connectivity index (χ0) is 8.53. The average molecular weight is 193 g/mol. The highest BCUT2D eigenvalue weighted by Gasteiger charge is 2.04. The smallest absolute Gasteiger partial charge is 0.381 e. The van der Waals surface area contributed by atoms with Gasteiger partial charge in [-0.25, -0.2) is 0 Å². The predicted molar refractivity (Wildman–Crippen MR) is 52.6 cm³/mol. The van der Waals surface area contributed by atoms with Gasteiger partial charge in [-0.1, -0.05) is 24.4 Å². The van der Waals surface area contributed by atoms with E-state index < -0.39 is 13.2 Å². The molecule has 1 aliphatic heterocycles. The quantitative estimate of drug-likeness (QED) is 0.611. The van der Waals surface area contributed by atoms with Crippen molar-refractivity contribution >= 4 is 23.3 Å². The van der Waals surface area contributed by atoms with E-state index in [-0.39, 0.29) is 0 Å². The van der Waals surface area contributed by atoms with E-state index in [0.717, 1.165) is 13.2 Å². The van der Waals surface area contributed by atoms with E-state index in [2.05, 4.69) is 13.8 Å². The molecule has 0 aliphatic carbocycles. The van der Waals surface area contributed by atoms with Gasteiger partial charge in [-0.05, 0) is 12.8 Å². The van der Waals surface area contributed by atoms with E-state index in [9.17, 15) is 0 Å². The van der Waals surface area contributed by atoms with Gasteiger partial charge in [-0.2, -0.15) is 0 Å². The van der Waals surface area contributed by atoms with Gasteiger partial charge in [-0.15, -0.1) is 0 Å². The second-order valence-corrected chi connectivity index (χ2v) is 7.41. The molecular formula is C8H18AlClO. The summed E-state index contributed by atoms with van der Waals surface area (Å²) < 4.78 is 4.94. The number of halogens is 1. The normalized spacial score (nSPS) is 15.5. The summed E-state index contributed by atoms with van der Waals surface area (Å²) in [6, 6.07) is 0. The Labute approximate surface area is 78.7 Å². The van der Waals surface area contributed by atoms with Crippen LogP contribution in [0.5, 0.6) is 0 Å². The minimum Gasteiger partial charge on any atom is -0.381 e. The van der Waals surface area contributed by atoms with Crippen LogP contribution in [0.4, 0.5) is 0 Å². The summed E-state index contributed by atoms with van der Waals surface area (Å²) in [5, 5.41) is 2.47. The summed E-state index contributed by atoms with van der Waals surface area (Å²) in [6.07, 6.45) is 2.56. The molecule has 0 unspecified atom stereocenters. The lowest BCUT2D eigenvalue weighted by Crippen LogP contribution is -1.95. The van der Waals surface area contributed by atoms with Crippen molar-refractivity contribution < 1.29 is 4.74 Å². The first-order chi connectivity index (χ1) is 5.31. The molecule has 1 heterocycles. The first-order valence-corrected chi connectivity index (χ1v) is 7.91. The van der Waals surface area contributed by atoms with Gasteiger partial charge in [-0.3, -0.25) is 10.0 Å². The Morgan fingerprint density at radius 1 is 1.18 bits per heavy atom. The fourth-order valence-electron chi connectivity index (χ4n) is 0.799. The molecule has 0 aromatic carbocycles. The van der Waals surface area contributed by atoms with Gasteiger partial charge in [0.15, 0.2) is 0 Å². The molecule has 0 atom stereocenters. The molecule has 1 fully saturated rings. The molecule has 0 aromatic heterocycles. The topological polar surface area (TPSA) is 9.23 Å².